The van der Waals surface area contributed by atoms with Crippen LogP contribution in [0.3, 0.4) is 0 Å². The molecular formula is C19H19N3O3. The lowest BCUT2D eigenvalue weighted by molar-refractivity contribution is -0.133. The molecular weight excluding hydrogens is 318 g/mol. The van der Waals surface area contributed by atoms with Crippen LogP contribution in [0.1, 0.15) is 11.1 Å². The van der Waals surface area contributed by atoms with E-state index in [1.165, 1.54) is 4.90 Å². The normalized spacial score (nSPS) is 13.7. The highest BCUT2D eigenvalue weighted by atomic mass is 16.2. The van der Waals surface area contributed by atoms with Crippen LogP contribution < -0.4 is 5.32 Å². The van der Waals surface area contributed by atoms with E-state index in [9.17, 15) is 14.4 Å². The minimum atomic E-state index is -0.516. The van der Waals surface area contributed by atoms with Gasteiger partial charge >= 0.3 is 6.03 Å². The molecule has 1 aliphatic rings. The van der Waals surface area contributed by atoms with E-state index < -0.39 is 6.03 Å². The molecule has 2 aromatic rings. The fourth-order valence-corrected chi connectivity index (χ4v) is 2.71. The summed E-state index contributed by atoms with van der Waals surface area (Å²) in [7, 11) is 0. The van der Waals surface area contributed by atoms with E-state index in [0.717, 1.165) is 11.1 Å². The standard InChI is InChI=1S/C19H19N3O3/c23-17-13-22(19(25)20-17)14-18(24)21(11-15-7-3-1-4-8-15)12-16-9-5-2-6-10-16/h1-10H,11-14H2,(H,20,23,25). The summed E-state index contributed by atoms with van der Waals surface area (Å²) in [6.45, 7) is 0.697. The quantitative estimate of drug-likeness (QED) is 0.817. The molecule has 0 atom stereocenters. The highest BCUT2D eigenvalue weighted by Crippen LogP contribution is 2.11. The Hall–Kier alpha value is -3.15. The van der Waals surface area contributed by atoms with Gasteiger partial charge in [-0.3, -0.25) is 14.9 Å². The van der Waals surface area contributed by atoms with Gasteiger partial charge in [-0.2, -0.15) is 0 Å². The van der Waals surface area contributed by atoms with Gasteiger partial charge in [0.15, 0.2) is 0 Å². The largest absolute Gasteiger partial charge is 0.333 e. The minimum Gasteiger partial charge on any atom is -0.333 e. The first-order chi connectivity index (χ1) is 12.1. The number of imide groups is 1. The Balaban J connectivity index is 1.73. The maximum atomic E-state index is 12.8. The Bertz CT molecular complexity index is 720. The zero-order valence-corrected chi connectivity index (χ0v) is 13.7. The van der Waals surface area contributed by atoms with Crippen LogP contribution in [0.5, 0.6) is 0 Å². The molecule has 25 heavy (non-hydrogen) atoms. The average Bonchev–Trinajstić information content (AvgIpc) is 2.93. The lowest BCUT2D eigenvalue weighted by atomic mass is 10.1. The number of nitrogens with one attached hydrogen (secondary N) is 1. The van der Waals surface area contributed by atoms with Gasteiger partial charge in [0.2, 0.25) is 11.8 Å². The van der Waals surface area contributed by atoms with Gasteiger partial charge in [-0.05, 0) is 11.1 Å². The summed E-state index contributed by atoms with van der Waals surface area (Å²) in [4.78, 5) is 38.7. The lowest BCUT2D eigenvalue weighted by Crippen LogP contribution is -2.41. The van der Waals surface area contributed by atoms with Gasteiger partial charge in [0, 0.05) is 13.1 Å². The van der Waals surface area contributed by atoms with Crippen LogP contribution in [-0.4, -0.2) is 40.7 Å². The highest BCUT2D eigenvalue weighted by Gasteiger charge is 2.29. The van der Waals surface area contributed by atoms with Gasteiger partial charge in [0.1, 0.15) is 13.1 Å². The van der Waals surface area contributed by atoms with E-state index in [-0.39, 0.29) is 24.9 Å². The topological polar surface area (TPSA) is 69.7 Å². The third-order valence-electron chi connectivity index (χ3n) is 3.98. The number of hydrogen-bond donors (Lipinski definition) is 1. The Labute approximate surface area is 146 Å². The third-order valence-corrected chi connectivity index (χ3v) is 3.98. The predicted octanol–water partition coefficient (Wildman–Crippen LogP) is 1.77. The zero-order chi connectivity index (χ0) is 17.6. The van der Waals surface area contributed by atoms with Crippen LogP contribution in [0.4, 0.5) is 4.79 Å². The molecule has 6 nitrogen and oxygen atoms in total. The molecule has 0 spiro atoms. The van der Waals surface area contributed by atoms with Crippen molar-refractivity contribution in [3.63, 3.8) is 0 Å². The number of hydrogen-bond acceptors (Lipinski definition) is 3. The van der Waals surface area contributed by atoms with Crippen LogP contribution >= 0.6 is 0 Å². The van der Waals surface area contributed by atoms with E-state index in [1.54, 1.807) is 4.90 Å². The number of rotatable bonds is 6. The van der Waals surface area contributed by atoms with Crippen molar-refractivity contribution in [1.29, 1.82) is 0 Å². The molecule has 0 aliphatic carbocycles. The van der Waals surface area contributed by atoms with Crippen LogP contribution in [-0.2, 0) is 22.7 Å². The average molecular weight is 337 g/mol. The molecule has 0 unspecified atom stereocenters. The van der Waals surface area contributed by atoms with Crippen LogP contribution in [0.25, 0.3) is 0 Å². The summed E-state index contributed by atoms with van der Waals surface area (Å²) in [5.74, 6) is -0.576. The van der Waals surface area contributed by atoms with Crippen molar-refractivity contribution >= 4 is 17.8 Å². The monoisotopic (exact) mass is 337 g/mol. The number of amides is 4. The maximum Gasteiger partial charge on any atom is 0.325 e. The van der Waals surface area contributed by atoms with Gasteiger partial charge in [-0.25, -0.2) is 4.79 Å². The molecule has 1 fully saturated rings. The maximum absolute atomic E-state index is 12.8. The first-order valence-electron chi connectivity index (χ1n) is 8.06. The number of carbonyl (C=O) groups excluding carboxylic acids is 3. The Kier molecular flexibility index (Phi) is 5.09. The number of benzene rings is 2. The predicted molar refractivity (Wildman–Crippen MR) is 92.2 cm³/mol. The molecule has 1 N–H and O–H groups in total. The van der Waals surface area contributed by atoms with Crippen molar-refractivity contribution in [2.75, 3.05) is 13.1 Å². The molecule has 0 radical (unpaired) electrons. The van der Waals surface area contributed by atoms with E-state index >= 15 is 0 Å². The molecule has 2 aromatic carbocycles. The molecule has 3 rings (SSSR count). The fourth-order valence-electron chi connectivity index (χ4n) is 2.71. The smallest absolute Gasteiger partial charge is 0.325 e. The van der Waals surface area contributed by atoms with E-state index in [4.69, 9.17) is 0 Å². The second-order valence-electron chi connectivity index (χ2n) is 5.93. The van der Waals surface area contributed by atoms with Crippen molar-refractivity contribution in [3.8, 4) is 0 Å². The molecule has 0 saturated carbocycles. The van der Waals surface area contributed by atoms with Crippen LogP contribution in [0, 0.1) is 0 Å². The molecule has 6 heteroatoms. The number of carbonyl (C=O) groups is 3. The van der Waals surface area contributed by atoms with Crippen molar-refractivity contribution in [2.45, 2.75) is 13.1 Å². The molecule has 128 valence electrons. The van der Waals surface area contributed by atoms with Crippen molar-refractivity contribution in [2.24, 2.45) is 0 Å². The SMILES string of the molecule is O=C1CN(CC(=O)N(Cc2ccccc2)Cc2ccccc2)C(=O)N1. The van der Waals surface area contributed by atoms with Gasteiger partial charge in [0.25, 0.3) is 0 Å². The lowest BCUT2D eigenvalue weighted by Gasteiger charge is -2.25. The Morgan fingerprint density at radius 1 is 0.920 bits per heavy atom. The van der Waals surface area contributed by atoms with Gasteiger partial charge < -0.3 is 9.80 Å². The summed E-state index contributed by atoms with van der Waals surface area (Å²) < 4.78 is 0. The minimum absolute atomic E-state index is 0.0743. The Morgan fingerprint density at radius 2 is 1.44 bits per heavy atom. The third kappa shape index (κ3) is 4.44. The number of nitrogens with zero attached hydrogens (tertiary/aromatic N) is 2. The summed E-state index contributed by atoms with van der Waals surface area (Å²) in [6.07, 6.45) is 0. The molecule has 0 bridgehead atoms. The van der Waals surface area contributed by atoms with Gasteiger partial charge in [0.05, 0.1) is 0 Å². The van der Waals surface area contributed by atoms with Gasteiger partial charge in [-0.15, -0.1) is 0 Å². The fraction of sp³-hybridized carbons (Fsp3) is 0.211. The van der Waals surface area contributed by atoms with E-state index in [2.05, 4.69) is 5.32 Å². The van der Waals surface area contributed by atoms with Gasteiger partial charge in [-0.1, -0.05) is 60.7 Å². The molecule has 4 amide bonds. The van der Waals surface area contributed by atoms with Crippen LogP contribution in [0.15, 0.2) is 60.7 Å². The molecule has 1 aliphatic heterocycles. The molecule has 1 saturated heterocycles. The summed E-state index contributed by atoms with van der Waals surface area (Å²) >= 11 is 0. The molecule has 1 heterocycles. The summed E-state index contributed by atoms with van der Waals surface area (Å²) in [5.41, 5.74) is 2.02. The van der Waals surface area contributed by atoms with Crippen molar-refractivity contribution in [1.82, 2.24) is 15.1 Å². The highest BCUT2D eigenvalue weighted by molar-refractivity contribution is 6.03. The molecule has 0 aromatic heterocycles. The second kappa shape index (κ2) is 7.61. The van der Waals surface area contributed by atoms with Crippen molar-refractivity contribution in [3.05, 3.63) is 71.8 Å². The first-order valence-corrected chi connectivity index (χ1v) is 8.06. The number of urea groups is 1. The van der Waals surface area contributed by atoms with E-state index in [1.807, 2.05) is 60.7 Å². The van der Waals surface area contributed by atoms with Crippen LogP contribution in [0.2, 0.25) is 0 Å². The van der Waals surface area contributed by atoms with E-state index in [0.29, 0.717) is 13.1 Å². The second-order valence-corrected chi connectivity index (χ2v) is 5.93. The first kappa shape index (κ1) is 16.7. The summed E-state index contributed by atoms with van der Waals surface area (Å²) in [5, 5.41) is 2.19. The Morgan fingerprint density at radius 3 is 1.88 bits per heavy atom. The summed E-state index contributed by atoms with van der Waals surface area (Å²) in [6, 6.07) is 18.8. The van der Waals surface area contributed by atoms with Crippen molar-refractivity contribution < 1.29 is 14.4 Å². The zero-order valence-electron chi connectivity index (χ0n) is 13.7.